The van der Waals surface area contributed by atoms with E-state index in [9.17, 15) is 22.8 Å². The Kier molecular flexibility index (Phi) is 7.34. The lowest BCUT2D eigenvalue weighted by atomic mass is 10.1. The molecular formula is C24H29N3O5S. The predicted molar refractivity (Wildman–Crippen MR) is 124 cm³/mol. The van der Waals surface area contributed by atoms with Crippen LogP contribution in [0.1, 0.15) is 58.5 Å². The number of benzene rings is 2. The topological polar surface area (TPSA) is 104 Å². The molecule has 8 nitrogen and oxygen atoms in total. The minimum absolute atomic E-state index is 0.154. The molecule has 1 aliphatic heterocycles. The Hall–Kier alpha value is -3.04. The summed E-state index contributed by atoms with van der Waals surface area (Å²) >= 11 is 0. The third-order valence-electron chi connectivity index (χ3n) is 5.73. The second-order valence-electron chi connectivity index (χ2n) is 8.45. The normalized spacial score (nSPS) is 13.7. The van der Waals surface area contributed by atoms with E-state index in [4.69, 9.17) is 0 Å². The summed E-state index contributed by atoms with van der Waals surface area (Å²) in [5, 5.41) is 2.78. The Balaban J connectivity index is 1.48. The Morgan fingerprint density at radius 2 is 1.67 bits per heavy atom. The molecule has 1 N–H and O–H groups in total. The van der Waals surface area contributed by atoms with Crippen LogP contribution in [0.4, 0.5) is 0 Å². The molecule has 0 atom stereocenters. The van der Waals surface area contributed by atoms with Crippen molar-refractivity contribution in [3.8, 4) is 0 Å². The van der Waals surface area contributed by atoms with Crippen LogP contribution in [0.3, 0.4) is 0 Å². The number of nitrogens with zero attached hydrogens (tertiary/aromatic N) is 2. The van der Waals surface area contributed by atoms with Gasteiger partial charge in [0.25, 0.3) is 11.8 Å². The molecule has 0 spiro atoms. The van der Waals surface area contributed by atoms with Crippen LogP contribution in [0.5, 0.6) is 0 Å². The molecule has 0 unspecified atom stereocenters. The first-order valence-electron chi connectivity index (χ1n) is 10.8. The largest absolute Gasteiger partial charge is 0.352 e. The molecule has 0 aliphatic carbocycles. The van der Waals surface area contributed by atoms with Gasteiger partial charge in [0.05, 0.1) is 16.0 Å². The standard InChI is InChI=1S/C24H29N3O5S/c1-16(2)26(4)33(31,32)19-10-8-18(9-11-19)15-25-22(28)6-5-13-27-23(29)20-12-7-17(3)14-21(20)24(27)30/h7-12,14,16H,5-6,13,15H2,1-4H3,(H,25,28). The highest BCUT2D eigenvalue weighted by Crippen LogP contribution is 2.24. The van der Waals surface area contributed by atoms with Crippen LogP contribution in [0, 0.1) is 6.92 Å². The van der Waals surface area contributed by atoms with E-state index in [0.717, 1.165) is 11.1 Å². The second-order valence-corrected chi connectivity index (χ2v) is 10.4. The number of nitrogens with one attached hydrogen (secondary N) is 1. The molecule has 9 heteroatoms. The van der Waals surface area contributed by atoms with Crippen molar-refractivity contribution in [3.63, 3.8) is 0 Å². The molecule has 0 aromatic heterocycles. The first kappa shape index (κ1) is 24.6. The van der Waals surface area contributed by atoms with Crippen molar-refractivity contribution >= 4 is 27.7 Å². The lowest BCUT2D eigenvalue weighted by Gasteiger charge is -2.21. The summed E-state index contributed by atoms with van der Waals surface area (Å²) < 4.78 is 26.3. The molecule has 2 aromatic carbocycles. The molecule has 0 saturated heterocycles. The highest BCUT2D eigenvalue weighted by Gasteiger charge is 2.35. The average molecular weight is 472 g/mol. The van der Waals surface area contributed by atoms with E-state index < -0.39 is 10.0 Å². The third-order valence-corrected chi connectivity index (χ3v) is 7.78. The van der Waals surface area contributed by atoms with Gasteiger partial charge >= 0.3 is 0 Å². The lowest BCUT2D eigenvalue weighted by Crippen LogP contribution is -2.33. The summed E-state index contributed by atoms with van der Waals surface area (Å²) in [6.07, 6.45) is 0.521. The fourth-order valence-electron chi connectivity index (χ4n) is 3.52. The van der Waals surface area contributed by atoms with Crippen molar-refractivity contribution in [2.75, 3.05) is 13.6 Å². The van der Waals surface area contributed by atoms with Crippen LogP contribution in [-0.2, 0) is 21.4 Å². The van der Waals surface area contributed by atoms with E-state index in [1.807, 2.05) is 6.92 Å². The molecule has 0 bridgehead atoms. The number of carbonyl (C=O) groups excluding carboxylic acids is 3. The fourth-order valence-corrected chi connectivity index (χ4v) is 4.89. The van der Waals surface area contributed by atoms with Gasteiger partial charge in [0.2, 0.25) is 15.9 Å². The summed E-state index contributed by atoms with van der Waals surface area (Å²) in [6.45, 7) is 5.90. The van der Waals surface area contributed by atoms with Gasteiger partial charge in [0.15, 0.2) is 0 Å². The number of imide groups is 1. The number of aryl methyl sites for hydroxylation is 1. The minimum atomic E-state index is -3.55. The van der Waals surface area contributed by atoms with Crippen LogP contribution < -0.4 is 5.32 Å². The molecule has 1 aliphatic rings. The van der Waals surface area contributed by atoms with E-state index in [2.05, 4.69) is 5.32 Å². The van der Waals surface area contributed by atoms with Crippen molar-refractivity contribution in [3.05, 3.63) is 64.7 Å². The molecule has 176 valence electrons. The summed E-state index contributed by atoms with van der Waals surface area (Å²) in [7, 11) is -2.01. The fraction of sp³-hybridized carbons (Fsp3) is 0.375. The number of carbonyl (C=O) groups is 3. The molecule has 0 saturated carbocycles. The van der Waals surface area contributed by atoms with Gasteiger partial charge in [-0.25, -0.2) is 8.42 Å². The number of sulfonamides is 1. The average Bonchev–Trinajstić information content (AvgIpc) is 3.01. The van der Waals surface area contributed by atoms with Gasteiger partial charge in [0.1, 0.15) is 0 Å². The first-order chi connectivity index (χ1) is 15.5. The van der Waals surface area contributed by atoms with Crippen LogP contribution in [0.15, 0.2) is 47.4 Å². The minimum Gasteiger partial charge on any atom is -0.352 e. The third kappa shape index (κ3) is 5.31. The van der Waals surface area contributed by atoms with Crippen LogP contribution >= 0.6 is 0 Å². The van der Waals surface area contributed by atoms with E-state index >= 15 is 0 Å². The van der Waals surface area contributed by atoms with Gasteiger partial charge in [-0.1, -0.05) is 23.8 Å². The molecule has 33 heavy (non-hydrogen) atoms. The Labute approximate surface area is 194 Å². The van der Waals surface area contributed by atoms with E-state index in [1.54, 1.807) is 44.2 Å². The molecule has 3 amide bonds. The molecule has 2 aromatic rings. The van der Waals surface area contributed by atoms with Crippen molar-refractivity contribution in [1.82, 2.24) is 14.5 Å². The highest BCUT2D eigenvalue weighted by atomic mass is 32.2. The molecule has 0 radical (unpaired) electrons. The van der Waals surface area contributed by atoms with Gasteiger partial charge in [-0.05, 0) is 57.0 Å². The number of amides is 3. The summed E-state index contributed by atoms with van der Waals surface area (Å²) in [5.41, 5.74) is 2.49. The molecular weight excluding hydrogens is 442 g/mol. The van der Waals surface area contributed by atoms with Crippen molar-refractivity contribution < 1.29 is 22.8 Å². The van der Waals surface area contributed by atoms with Crippen LogP contribution in [0.25, 0.3) is 0 Å². The van der Waals surface area contributed by atoms with E-state index in [1.165, 1.54) is 28.4 Å². The van der Waals surface area contributed by atoms with E-state index in [0.29, 0.717) is 17.5 Å². The van der Waals surface area contributed by atoms with Gasteiger partial charge in [-0.2, -0.15) is 4.31 Å². The highest BCUT2D eigenvalue weighted by molar-refractivity contribution is 7.89. The summed E-state index contributed by atoms with van der Waals surface area (Å²) in [4.78, 5) is 38.5. The summed E-state index contributed by atoms with van der Waals surface area (Å²) in [6, 6.07) is 11.4. The number of rotatable bonds is 9. The quantitative estimate of drug-likeness (QED) is 0.567. The first-order valence-corrected chi connectivity index (χ1v) is 12.3. The van der Waals surface area contributed by atoms with Gasteiger partial charge in [-0.15, -0.1) is 0 Å². The number of fused-ring (bicyclic) bond motifs is 1. The number of hydrogen-bond donors (Lipinski definition) is 1. The molecule has 1 heterocycles. The maximum Gasteiger partial charge on any atom is 0.261 e. The van der Waals surface area contributed by atoms with E-state index in [-0.39, 0.29) is 48.2 Å². The SMILES string of the molecule is Cc1ccc2c(c1)C(=O)N(CCCC(=O)NCc1ccc(S(=O)(=O)N(C)C(C)C)cc1)C2=O. The van der Waals surface area contributed by atoms with Gasteiger partial charge < -0.3 is 5.32 Å². The zero-order valence-corrected chi connectivity index (χ0v) is 20.1. The maximum atomic E-state index is 12.5. The Morgan fingerprint density at radius 3 is 2.30 bits per heavy atom. The van der Waals surface area contributed by atoms with Crippen LogP contribution in [-0.4, -0.2) is 55.0 Å². The van der Waals surface area contributed by atoms with Crippen LogP contribution in [0.2, 0.25) is 0 Å². The predicted octanol–water partition coefficient (Wildman–Crippen LogP) is 2.72. The Morgan fingerprint density at radius 1 is 1.03 bits per heavy atom. The zero-order chi connectivity index (χ0) is 24.3. The van der Waals surface area contributed by atoms with Crippen molar-refractivity contribution in [2.24, 2.45) is 0 Å². The second kappa shape index (κ2) is 9.84. The van der Waals surface area contributed by atoms with Crippen molar-refractivity contribution in [2.45, 2.75) is 51.1 Å². The van der Waals surface area contributed by atoms with Crippen molar-refractivity contribution in [1.29, 1.82) is 0 Å². The lowest BCUT2D eigenvalue weighted by molar-refractivity contribution is -0.121. The maximum absolute atomic E-state index is 12.5. The summed E-state index contributed by atoms with van der Waals surface area (Å²) in [5.74, 6) is -0.857. The molecule has 3 rings (SSSR count). The van der Waals surface area contributed by atoms with Gasteiger partial charge in [0, 0.05) is 32.6 Å². The zero-order valence-electron chi connectivity index (χ0n) is 19.3. The Bertz CT molecular complexity index is 1170. The molecule has 0 fully saturated rings. The number of hydrogen-bond acceptors (Lipinski definition) is 5. The monoisotopic (exact) mass is 471 g/mol. The smallest absolute Gasteiger partial charge is 0.261 e. The van der Waals surface area contributed by atoms with Gasteiger partial charge in [-0.3, -0.25) is 19.3 Å².